The van der Waals surface area contributed by atoms with Gasteiger partial charge >= 0.3 is 0 Å². The topological polar surface area (TPSA) is 59.2 Å². The zero-order valence-electron chi connectivity index (χ0n) is 14.4. The molecule has 1 unspecified atom stereocenters. The summed E-state index contributed by atoms with van der Waals surface area (Å²) in [5, 5.41) is 4.62. The van der Waals surface area contributed by atoms with E-state index in [9.17, 15) is 9.18 Å². The Balaban J connectivity index is 1.52. The third-order valence-corrected chi connectivity index (χ3v) is 4.86. The predicted molar refractivity (Wildman–Crippen MR) is 98.5 cm³/mol. The lowest BCUT2D eigenvalue weighted by Crippen LogP contribution is -2.32. The van der Waals surface area contributed by atoms with Gasteiger partial charge in [0.05, 0.1) is 6.42 Å². The molecule has 0 bridgehead atoms. The van der Waals surface area contributed by atoms with Gasteiger partial charge in [0.15, 0.2) is 0 Å². The highest BCUT2D eigenvalue weighted by atomic mass is 35.5. The van der Waals surface area contributed by atoms with Crippen molar-refractivity contribution in [1.29, 1.82) is 0 Å². The molecule has 138 valence electrons. The van der Waals surface area contributed by atoms with Crippen LogP contribution in [0.2, 0.25) is 5.02 Å². The van der Waals surface area contributed by atoms with Crippen LogP contribution in [0.1, 0.15) is 30.3 Å². The first-order valence-electron chi connectivity index (χ1n) is 8.73. The fourth-order valence-electron chi connectivity index (χ4n) is 3.36. The van der Waals surface area contributed by atoms with E-state index in [0.717, 1.165) is 18.4 Å². The van der Waals surface area contributed by atoms with Crippen molar-refractivity contribution in [2.75, 3.05) is 6.54 Å². The zero-order chi connectivity index (χ0) is 18.8. The number of nitrogens with zero attached hydrogens (tertiary/aromatic N) is 3. The van der Waals surface area contributed by atoms with E-state index in [2.05, 4.69) is 10.1 Å². The van der Waals surface area contributed by atoms with Crippen molar-refractivity contribution in [2.24, 2.45) is 0 Å². The number of rotatable bonds is 4. The number of benzene rings is 2. The fraction of sp³-hybridized carbons (Fsp3) is 0.250. The average Bonchev–Trinajstić information content (AvgIpc) is 3.31. The molecule has 2 aromatic carbocycles. The van der Waals surface area contributed by atoms with Crippen LogP contribution in [0, 0.1) is 5.82 Å². The molecule has 27 heavy (non-hydrogen) atoms. The van der Waals surface area contributed by atoms with Crippen LogP contribution in [-0.2, 0) is 11.2 Å². The monoisotopic (exact) mass is 385 g/mol. The summed E-state index contributed by atoms with van der Waals surface area (Å²) in [6.07, 6.45) is 1.75. The normalized spacial score (nSPS) is 16.7. The van der Waals surface area contributed by atoms with Crippen molar-refractivity contribution < 1.29 is 13.7 Å². The highest BCUT2D eigenvalue weighted by Gasteiger charge is 2.34. The van der Waals surface area contributed by atoms with Crippen LogP contribution in [0.15, 0.2) is 53.1 Å². The van der Waals surface area contributed by atoms with Crippen molar-refractivity contribution in [3.8, 4) is 11.4 Å². The van der Waals surface area contributed by atoms with E-state index in [0.29, 0.717) is 28.8 Å². The van der Waals surface area contributed by atoms with Gasteiger partial charge in [-0.3, -0.25) is 4.79 Å². The largest absolute Gasteiger partial charge is 0.337 e. The molecular formula is C20H17ClFN3O2. The third-order valence-electron chi connectivity index (χ3n) is 4.63. The minimum Gasteiger partial charge on any atom is -0.337 e. The quantitative estimate of drug-likeness (QED) is 0.666. The van der Waals surface area contributed by atoms with Crippen LogP contribution in [-0.4, -0.2) is 27.5 Å². The number of carbonyl (C=O) groups is 1. The lowest BCUT2D eigenvalue weighted by molar-refractivity contribution is -0.131. The Kier molecular flexibility index (Phi) is 4.90. The number of amides is 1. The Labute approximate surface area is 160 Å². The number of hydrogen-bond donors (Lipinski definition) is 0. The molecule has 2 heterocycles. The smallest absolute Gasteiger partial charge is 0.249 e. The molecule has 0 radical (unpaired) electrons. The lowest BCUT2D eigenvalue weighted by atomic mass is 10.1. The SMILES string of the molecule is O=C(Cc1cccc(F)c1)N1CCCC1c1nc(-c2cccc(Cl)c2)no1. The number of aromatic nitrogens is 2. The Hall–Kier alpha value is -2.73. The summed E-state index contributed by atoms with van der Waals surface area (Å²) >= 11 is 6.02. The van der Waals surface area contributed by atoms with Crippen LogP contribution in [0.5, 0.6) is 0 Å². The van der Waals surface area contributed by atoms with Gasteiger partial charge in [0.1, 0.15) is 11.9 Å². The van der Waals surface area contributed by atoms with Gasteiger partial charge < -0.3 is 9.42 Å². The van der Waals surface area contributed by atoms with Crippen molar-refractivity contribution >= 4 is 17.5 Å². The van der Waals surface area contributed by atoms with E-state index in [1.54, 1.807) is 29.2 Å². The maximum Gasteiger partial charge on any atom is 0.249 e. The molecule has 3 aromatic rings. The summed E-state index contributed by atoms with van der Waals surface area (Å²) in [6.45, 7) is 0.619. The molecule has 0 N–H and O–H groups in total. The Morgan fingerprint density at radius 3 is 2.93 bits per heavy atom. The van der Waals surface area contributed by atoms with Crippen LogP contribution in [0.3, 0.4) is 0 Å². The molecule has 1 atom stereocenters. The standard InChI is InChI=1S/C20H17ClFN3O2/c21-15-6-2-5-14(12-15)19-23-20(27-24-19)17-8-3-9-25(17)18(26)11-13-4-1-7-16(22)10-13/h1-2,4-7,10,12,17H,3,8-9,11H2. The van der Waals surface area contributed by atoms with E-state index >= 15 is 0 Å². The number of likely N-dealkylation sites (tertiary alicyclic amines) is 1. The van der Waals surface area contributed by atoms with Crippen LogP contribution in [0.4, 0.5) is 4.39 Å². The summed E-state index contributed by atoms with van der Waals surface area (Å²) in [4.78, 5) is 18.9. The summed E-state index contributed by atoms with van der Waals surface area (Å²) in [6, 6.07) is 13.0. The Morgan fingerprint density at radius 1 is 1.26 bits per heavy atom. The summed E-state index contributed by atoms with van der Waals surface area (Å²) in [5.41, 5.74) is 1.41. The molecule has 0 aliphatic carbocycles. The van der Waals surface area contributed by atoms with E-state index < -0.39 is 0 Å². The Bertz CT molecular complexity index is 975. The van der Waals surface area contributed by atoms with E-state index in [1.807, 2.05) is 12.1 Å². The summed E-state index contributed by atoms with van der Waals surface area (Å²) in [7, 11) is 0. The highest BCUT2D eigenvalue weighted by molar-refractivity contribution is 6.30. The molecule has 4 rings (SSSR count). The maximum atomic E-state index is 13.4. The molecule has 5 nitrogen and oxygen atoms in total. The molecule has 7 heteroatoms. The van der Waals surface area contributed by atoms with E-state index in [4.69, 9.17) is 16.1 Å². The van der Waals surface area contributed by atoms with Crippen molar-refractivity contribution in [3.05, 3.63) is 70.8 Å². The Morgan fingerprint density at radius 2 is 2.11 bits per heavy atom. The van der Waals surface area contributed by atoms with Gasteiger partial charge in [-0.05, 0) is 42.7 Å². The molecule has 1 aliphatic heterocycles. The van der Waals surface area contributed by atoms with Crippen LogP contribution in [0.25, 0.3) is 11.4 Å². The van der Waals surface area contributed by atoms with Gasteiger partial charge in [-0.2, -0.15) is 4.98 Å². The van der Waals surface area contributed by atoms with E-state index in [-0.39, 0.29) is 24.2 Å². The van der Waals surface area contributed by atoms with Crippen molar-refractivity contribution in [1.82, 2.24) is 15.0 Å². The number of carbonyl (C=O) groups excluding carboxylic acids is 1. The molecule has 0 spiro atoms. The van der Waals surface area contributed by atoms with Crippen molar-refractivity contribution in [3.63, 3.8) is 0 Å². The van der Waals surface area contributed by atoms with Crippen molar-refractivity contribution in [2.45, 2.75) is 25.3 Å². The van der Waals surface area contributed by atoms with Gasteiger partial charge in [-0.1, -0.05) is 41.0 Å². The minimum absolute atomic E-state index is 0.0781. The highest BCUT2D eigenvalue weighted by Crippen LogP contribution is 2.32. The second-order valence-electron chi connectivity index (χ2n) is 6.52. The molecule has 1 fully saturated rings. The first-order chi connectivity index (χ1) is 13.1. The van der Waals surface area contributed by atoms with Gasteiger partial charge in [-0.15, -0.1) is 0 Å². The van der Waals surface area contributed by atoms with Gasteiger partial charge in [0.2, 0.25) is 17.6 Å². The zero-order valence-corrected chi connectivity index (χ0v) is 15.2. The van der Waals surface area contributed by atoms with Gasteiger partial charge in [0, 0.05) is 17.1 Å². The molecule has 1 aliphatic rings. The molecule has 0 saturated carbocycles. The van der Waals surface area contributed by atoms with Gasteiger partial charge in [-0.25, -0.2) is 4.39 Å². The summed E-state index contributed by atoms with van der Waals surface area (Å²) in [5.74, 6) is 0.430. The first kappa shape index (κ1) is 17.7. The lowest BCUT2D eigenvalue weighted by Gasteiger charge is -2.21. The number of halogens is 2. The third kappa shape index (κ3) is 3.85. The second kappa shape index (κ2) is 7.48. The average molecular weight is 386 g/mol. The van der Waals surface area contributed by atoms with Gasteiger partial charge in [0.25, 0.3) is 0 Å². The molecule has 1 saturated heterocycles. The molecular weight excluding hydrogens is 369 g/mol. The van der Waals surface area contributed by atoms with Crippen LogP contribution < -0.4 is 0 Å². The number of hydrogen-bond acceptors (Lipinski definition) is 4. The maximum absolute atomic E-state index is 13.4. The first-order valence-corrected chi connectivity index (χ1v) is 9.11. The minimum atomic E-state index is -0.346. The van der Waals surface area contributed by atoms with Crippen LogP contribution >= 0.6 is 11.6 Å². The second-order valence-corrected chi connectivity index (χ2v) is 6.95. The fourth-order valence-corrected chi connectivity index (χ4v) is 3.55. The predicted octanol–water partition coefficient (Wildman–Crippen LogP) is 4.44. The molecule has 1 aromatic heterocycles. The van der Waals surface area contributed by atoms with E-state index in [1.165, 1.54) is 12.1 Å². The molecule has 1 amide bonds. The summed E-state index contributed by atoms with van der Waals surface area (Å²) < 4.78 is 18.8.